The molecule has 0 saturated carbocycles. The number of carbonyl (C=O) groups is 12. The minimum atomic E-state index is -1.66. The Morgan fingerprint density at radius 3 is 1.32 bits per heavy atom. The summed E-state index contributed by atoms with van der Waals surface area (Å²) in [5, 5.41) is 34.0. The van der Waals surface area contributed by atoms with E-state index in [0.717, 1.165) is 0 Å². The molecule has 81 heavy (non-hydrogen) atoms. The molecular formula is C56H98N12O13. The Morgan fingerprint density at radius 1 is 0.494 bits per heavy atom. The second-order valence-electron chi connectivity index (χ2n) is 25.4. The molecule has 2 aliphatic rings. The summed E-state index contributed by atoms with van der Waals surface area (Å²) < 4.78 is 0. The smallest absolute Gasteiger partial charge is 0.248 e. The molecule has 2 aliphatic heterocycles. The van der Waals surface area contributed by atoms with E-state index in [2.05, 4.69) is 47.9 Å². The number of nitrogens with one attached hydrogen (secondary N) is 9. The first-order valence-corrected chi connectivity index (χ1v) is 28.5. The van der Waals surface area contributed by atoms with E-state index in [9.17, 15) is 62.6 Å². The second-order valence-corrected chi connectivity index (χ2v) is 25.4. The van der Waals surface area contributed by atoms with Gasteiger partial charge in [0.25, 0.3) is 0 Å². The fraction of sp³-hybridized carbons (Fsp3) is 0.786. The average molecular weight is 1150 g/mol. The molecule has 2 rings (SSSR count). The fourth-order valence-electron chi connectivity index (χ4n) is 9.97. The standard InChI is InChI=1S/C56H98N12O13/c1-29(2)24-35(28-69)58-47(75)39-20-18-22-67(39)52(80)55(14,15)65-46(74)37(26-31(5)6)59-44(72)36(25-30(3)4)60-48(76)40-21-19-23-68(40)53(81)56(16,17)66-50(78)43(33(9)10)63-49(77)42(32(7)8)62-45(73)38(27-41(57)71)61-51(79)54(12,13)64-34(11)70/h29-33,35-40,42-43,69H,18-28H2,1-17H3,(H2,57,71)(H,58,75)(H,59,72)(H,60,76)(H,61,79)(H,62,73)(H,63,77)(H,64,70)(H,65,74)(H,66,78)/t35-,36-,37+,38-,39-,40+,42-,43-/m1/s1. The first-order chi connectivity index (χ1) is 37.3. The summed E-state index contributed by atoms with van der Waals surface area (Å²) >= 11 is 0. The van der Waals surface area contributed by atoms with E-state index in [4.69, 9.17) is 5.73 Å². The molecule has 0 aromatic heterocycles. The van der Waals surface area contributed by atoms with Crippen LogP contribution in [-0.4, -0.2) is 170 Å². The number of primary amides is 1. The minimum Gasteiger partial charge on any atom is -0.394 e. The van der Waals surface area contributed by atoms with Crippen LogP contribution in [0.15, 0.2) is 0 Å². The molecule has 0 unspecified atom stereocenters. The lowest BCUT2D eigenvalue weighted by Crippen LogP contribution is -2.64. The van der Waals surface area contributed by atoms with E-state index in [1.54, 1.807) is 27.7 Å². The van der Waals surface area contributed by atoms with Crippen LogP contribution in [0.25, 0.3) is 0 Å². The van der Waals surface area contributed by atoms with E-state index in [1.807, 2.05) is 41.5 Å². The predicted octanol–water partition coefficient (Wildman–Crippen LogP) is -0.101. The first-order valence-electron chi connectivity index (χ1n) is 28.5. The van der Waals surface area contributed by atoms with Gasteiger partial charge in [0, 0.05) is 20.0 Å². The van der Waals surface area contributed by atoms with Gasteiger partial charge >= 0.3 is 0 Å². The summed E-state index contributed by atoms with van der Waals surface area (Å²) in [5.41, 5.74) is 0.735. The number of hydrogen-bond acceptors (Lipinski definition) is 13. The van der Waals surface area contributed by atoms with Gasteiger partial charge in [-0.3, -0.25) is 57.5 Å². The van der Waals surface area contributed by atoms with Crippen LogP contribution in [0.1, 0.15) is 169 Å². The van der Waals surface area contributed by atoms with Crippen molar-refractivity contribution >= 4 is 70.9 Å². The Kier molecular flexibility index (Phi) is 26.7. The van der Waals surface area contributed by atoms with Crippen molar-refractivity contribution in [2.24, 2.45) is 35.3 Å². The highest BCUT2D eigenvalue weighted by Gasteiger charge is 2.46. The number of likely N-dealkylation sites (tertiary alicyclic amines) is 2. The molecule has 0 aliphatic carbocycles. The largest absolute Gasteiger partial charge is 0.394 e. The zero-order chi connectivity index (χ0) is 62.2. The molecule has 0 bridgehead atoms. The van der Waals surface area contributed by atoms with Crippen molar-refractivity contribution in [3.8, 4) is 0 Å². The fourth-order valence-corrected chi connectivity index (χ4v) is 9.97. The third kappa shape index (κ3) is 21.5. The number of hydrogen-bond donors (Lipinski definition) is 11. The highest BCUT2D eigenvalue weighted by Crippen LogP contribution is 2.25. The minimum absolute atomic E-state index is 0.110. The third-order valence-corrected chi connectivity index (χ3v) is 14.2. The number of nitrogens with zero attached hydrogens (tertiary/aromatic N) is 2. The quantitative estimate of drug-likeness (QED) is 0.0448. The van der Waals surface area contributed by atoms with Gasteiger partial charge in [-0.15, -0.1) is 0 Å². The highest BCUT2D eigenvalue weighted by molar-refractivity contribution is 6.01. The number of nitrogens with two attached hydrogens (primary N) is 1. The van der Waals surface area contributed by atoms with Gasteiger partial charge in [-0.25, -0.2) is 0 Å². The molecule has 2 fully saturated rings. The topological polar surface area (TPSA) is 366 Å². The lowest BCUT2D eigenvalue weighted by Gasteiger charge is -2.36. The molecule has 25 heteroatoms. The molecule has 12 amide bonds. The average Bonchev–Trinajstić information content (AvgIpc) is 4.03. The summed E-state index contributed by atoms with van der Waals surface area (Å²) in [5.74, 6) is -9.42. The Labute approximate surface area is 478 Å². The van der Waals surface area contributed by atoms with Crippen molar-refractivity contribution in [3.63, 3.8) is 0 Å². The summed E-state index contributed by atoms with van der Waals surface area (Å²) in [6.45, 7) is 28.0. The zero-order valence-electron chi connectivity index (χ0n) is 51.1. The van der Waals surface area contributed by atoms with Gasteiger partial charge in [0.1, 0.15) is 58.9 Å². The van der Waals surface area contributed by atoms with Crippen LogP contribution in [0.4, 0.5) is 0 Å². The summed E-state index contributed by atoms with van der Waals surface area (Å²) in [4.78, 5) is 166. The normalized spacial score (nSPS) is 18.1. The van der Waals surface area contributed by atoms with E-state index >= 15 is 0 Å². The monoisotopic (exact) mass is 1150 g/mol. The number of aliphatic hydroxyl groups excluding tert-OH is 1. The molecule has 460 valence electrons. The van der Waals surface area contributed by atoms with Crippen molar-refractivity contribution in [2.45, 2.75) is 234 Å². The van der Waals surface area contributed by atoms with Crippen molar-refractivity contribution in [1.82, 2.24) is 57.7 Å². The maximum Gasteiger partial charge on any atom is 0.248 e. The summed E-state index contributed by atoms with van der Waals surface area (Å²) in [7, 11) is 0. The van der Waals surface area contributed by atoms with Crippen LogP contribution in [0.5, 0.6) is 0 Å². The Morgan fingerprint density at radius 2 is 0.901 bits per heavy atom. The van der Waals surface area contributed by atoms with Gasteiger partial charge < -0.3 is 68.5 Å². The molecule has 0 radical (unpaired) electrons. The van der Waals surface area contributed by atoms with E-state index in [1.165, 1.54) is 58.3 Å². The number of rotatable bonds is 30. The van der Waals surface area contributed by atoms with Crippen molar-refractivity contribution < 1.29 is 62.6 Å². The van der Waals surface area contributed by atoms with Gasteiger partial charge in [0.05, 0.1) is 19.1 Å². The number of carbonyl (C=O) groups excluding carboxylic acids is 12. The Balaban J connectivity index is 2.27. The van der Waals surface area contributed by atoms with Crippen molar-refractivity contribution in [3.05, 3.63) is 0 Å². The Hall–Kier alpha value is -6.40. The van der Waals surface area contributed by atoms with Crippen LogP contribution >= 0.6 is 0 Å². The summed E-state index contributed by atoms with van der Waals surface area (Å²) in [6, 6.07) is -8.76. The molecule has 2 heterocycles. The van der Waals surface area contributed by atoms with Crippen LogP contribution in [-0.2, 0) is 57.5 Å². The molecular weight excluding hydrogens is 1050 g/mol. The van der Waals surface area contributed by atoms with Crippen LogP contribution in [0.2, 0.25) is 0 Å². The van der Waals surface area contributed by atoms with Crippen LogP contribution in [0, 0.1) is 29.6 Å². The van der Waals surface area contributed by atoms with Gasteiger partial charge in [0.2, 0.25) is 70.9 Å². The van der Waals surface area contributed by atoms with Crippen LogP contribution in [0.3, 0.4) is 0 Å². The van der Waals surface area contributed by atoms with E-state index in [-0.39, 0.29) is 62.6 Å². The van der Waals surface area contributed by atoms with Gasteiger partial charge in [-0.1, -0.05) is 69.2 Å². The van der Waals surface area contributed by atoms with Gasteiger partial charge in [0.15, 0.2) is 0 Å². The lowest BCUT2D eigenvalue weighted by atomic mass is 9.96. The first kappa shape index (κ1) is 70.7. The zero-order valence-corrected chi connectivity index (χ0v) is 51.1. The molecule has 12 N–H and O–H groups in total. The van der Waals surface area contributed by atoms with E-state index in [0.29, 0.717) is 25.7 Å². The SMILES string of the molecule is CC(=O)NC(C)(C)C(=O)N[C@H](CC(N)=O)C(=O)N[C@@H](C(=O)N[C@@H](C(=O)NC(C)(C)C(=O)N1CCC[C@H]1C(=O)N[C@H](CC(C)C)C(=O)N[C@@H](CC(C)C)C(=O)NC(C)(C)C(=O)N1CCC[C@@H]1C(=O)N[C@@H](CO)CC(C)C)C(C)C)C(C)C. The van der Waals surface area contributed by atoms with Crippen molar-refractivity contribution in [1.29, 1.82) is 0 Å². The summed E-state index contributed by atoms with van der Waals surface area (Å²) in [6.07, 6.45) is 1.82. The Bertz CT molecular complexity index is 2280. The molecule has 25 nitrogen and oxygen atoms in total. The van der Waals surface area contributed by atoms with Crippen molar-refractivity contribution in [2.75, 3.05) is 19.7 Å². The highest BCUT2D eigenvalue weighted by atomic mass is 16.3. The third-order valence-electron chi connectivity index (χ3n) is 14.2. The number of amides is 12. The van der Waals surface area contributed by atoms with Gasteiger partial charge in [-0.05, 0) is 116 Å². The van der Waals surface area contributed by atoms with Gasteiger partial charge in [-0.2, -0.15) is 0 Å². The molecule has 2 saturated heterocycles. The molecule has 0 aromatic rings. The molecule has 0 spiro atoms. The second kappa shape index (κ2) is 30.6. The maximum absolute atomic E-state index is 14.4. The van der Waals surface area contributed by atoms with E-state index < -0.39 is 148 Å². The number of aliphatic hydroxyl groups is 1. The molecule has 8 atom stereocenters. The lowest BCUT2D eigenvalue weighted by molar-refractivity contribution is -0.146. The predicted molar refractivity (Wildman–Crippen MR) is 302 cm³/mol. The molecule has 0 aromatic carbocycles. The maximum atomic E-state index is 14.4. The van der Waals surface area contributed by atoms with Crippen LogP contribution < -0.4 is 53.6 Å².